The van der Waals surface area contributed by atoms with Crippen LogP contribution < -0.4 is 0 Å². The Hall–Kier alpha value is 1.71. The number of fused-ring (bicyclic) bond motifs is 1. The van der Waals surface area contributed by atoms with Crippen molar-refractivity contribution >= 4 is 97.2 Å². The molecule has 4 rings (SSSR count). The van der Waals surface area contributed by atoms with Gasteiger partial charge in [-0.25, -0.2) is 0 Å². The van der Waals surface area contributed by atoms with E-state index in [1.165, 1.54) is 159 Å². The van der Waals surface area contributed by atoms with Crippen molar-refractivity contribution in [1.29, 1.82) is 0 Å². The van der Waals surface area contributed by atoms with Crippen LogP contribution in [0.2, 0.25) is 0 Å². The fourth-order valence-electron chi connectivity index (χ4n) is 8.33. The highest BCUT2D eigenvalue weighted by Gasteiger charge is 2.36. The van der Waals surface area contributed by atoms with Crippen molar-refractivity contribution in [2.75, 3.05) is 0 Å². The summed E-state index contributed by atoms with van der Waals surface area (Å²) < 4.78 is 1.64. The molecule has 0 aromatic carbocycles. The second kappa shape index (κ2) is 17.2. The van der Waals surface area contributed by atoms with Gasteiger partial charge >= 0.3 is 0 Å². The Kier molecular flexibility index (Phi) is 15.0. The SMILES string of the molecule is CCCCC1CCCCCC(c2sc3c([C](O)([AlH2])[AlH2])c(C4CCCCCCCCCC4)sc3c2[C](O)([AlH2])[AlH2])CC(C)C1. The van der Waals surface area contributed by atoms with Crippen LogP contribution in [0.25, 0.3) is 9.40 Å². The molecule has 2 aliphatic rings. The molecule has 8 heteroatoms. The van der Waals surface area contributed by atoms with E-state index < -0.39 is 6.65 Å². The molecule has 2 aliphatic carbocycles. The molecule has 0 radical (unpaired) electrons. The number of unbranched alkanes of at least 4 members (excludes halogenated alkanes) is 1. The Morgan fingerprint density at radius 2 is 1.07 bits per heavy atom. The molecule has 42 heavy (non-hydrogen) atoms. The number of thiophene rings is 2. The summed E-state index contributed by atoms with van der Waals surface area (Å²) in [5.74, 6) is 2.82. The Morgan fingerprint density at radius 3 is 1.57 bits per heavy atom. The van der Waals surface area contributed by atoms with Crippen molar-refractivity contribution in [1.82, 2.24) is 0 Å². The van der Waals surface area contributed by atoms with Crippen molar-refractivity contribution in [2.45, 2.75) is 161 Å². The van der Waals surface area contributed by atoms with Crippen LogP contribution in [0.15, 0.2) is 0 Å². The first-order chi connectivity index (χ1) is 20.0. The van der Waals surface area contributed by atoms with Crippen LogP contribution in [-0.2, 0) is 6.65 Å². The molecular weight excluding hydrogens is 612 g/mol. The molecule has 3 atom stereocenters. The lowest BCUT2D eigenvalue weighted by Gasteiger charge is -2.29. The van der Waals surface area contributed by atoms with E-state index in [4.69, 9.17) is 0 Å². The molecule has 2 aromatic rings. The van der Waals surface area contributed by atoms with Crippen molar-refractivity contribution in [2.24, 2.45) is 11.8 Å². The van der Waals surface area contributed by atoms with Gasteiger partial charge in [0, 0.05) is 19.2 Å². The van der Waals surface area contributed by atoms with Crippen molar-refractivity contribution in [3.05, 3.63) is 20.9 Å². The predicted octanol–water partition coefficient (Wildman–Crippen LogP) is 6.97. The van der Waals surface area contributed by atoms with Gasteiger partial charge in [0.1, 0.15) is 0 Å². The summed E-state index contributed by atoms with van der Waals surface area (Å²) in [6, 6.07) is 0. The lowest BCUT2D eigenvalue weighted by Crippen LogP contribution is -2.27. The van der Waals surface area contributed by atoms with E-state index in [1.54, 1.807) is 0 Å². The zero-order valence-electron chi connectivity index (χ0n) is 28.2. The zero-order valence-corrected chi connectivity index (χ0v) is 37.8. The lowest BCUT2D eigenvalue weighted by molar-refractivity contribution is 0.216. The zero-order chi connectivity index (χ0) is 30.3. The van der Waals surface area contributed by atoms with Crippen molar-refractivity contribution in [3.8, 4) is 0 Å². The number of hydrogen-bond donors (Lipinski definition) is 2. The van der Waals surface area contributed by atoms with Crippen molar-refractivity contribution < 1.29 is 10.2 Å². The van der Waals surface area contributed by atoms with Gasteiger partial charge in [-0.05, 0) is 73.6 Å². The Labute approximate surface area is 298 Å². The quantitative estimate of drug-likeness (QED) is 0.312. The van der Waals surface area contributed by atoms with Crippen LogP contribution in [0.1, 0.15) is 175 Å². The molecule has 0 amide bonds. The minimum absolute atomic E-state index is 0.573. The molecule has 2 nitrogen and oxygen atoms in total. The Balaban J connectivity index is 1.75. The molecule has 0 aliphatic heterocycles. The maximum atomic E-state index is 11.9. The van der Waals surface area contributed by atoms with Crippen LogP contribution >= 0.6 is 22.7 Å². The lowest BCUT2D eigenvalue weighted by atomic mass is 9.80. The highest BCUT2D eigenvalue weighted by molar-refractivity contribution is 7.28. The average Bonchev–Trinajstić information content (AvgIpc) is 3.44. The molecule has 3 unspecified atom stereocenters. The smallest absolute Gasteiger partial charge is 0.246 e. The largest absolute Gasteiger partial charge is 0.416 e. The Morgan fingerprint density at radius 1 is 0.643 bits per heavy atom. The standard InChI is InChI=1S/C34H52O2S2.4Al.8H/c1-3-4-16-26-17-12-11-15-20-28(22-25(2)21-26)32-30(24-36)34-33(38-32)29(23-35)31(37-34)27-18-13-9-7-5-6-8-10-14-19-27;;;;;;;;;;;;/h25-28,35-36H,3-22H2,1-2H3;;;;;;;;;;;;. The summed E-state index contributed by atoms with van der Waals surface area (Å²) in [5.41, 5.74) is 2.69. The summed E-state index contributed by atoms with van der Waals surface area (Å²) in [7, 11) is 0. The average molecular weight is 673 g/mol. The molecule has 0 bridgehead atoms. The maximum Gasteiger partial charge on any atom is 0.246 e. The maximum absolute atomic E-state index is 11.9. The van der Waals surface area contributed by atoms with Gasteiger partial charge in [-0.15, -0.1) is 22.7 Å². The molecule has 0 saturated heterocycles. The molecule has 232 valence electrons. The number of aliphatic hydroxyl groups is 2. The van der Waals surface area contributed by atoms with Gasteiger partial charge in [-0.3, -0.25) is 0 Å². The van der Waals surface area contributed by atoms with Gasteiger partial charge in [0.15, 0.2) is 0 Å². The summed E-state index contributed by atoms with van der Waals surface area (Å²) >= 11 is 7.27. The van der Waals surface area contributed by atoms with Crippen molar-refractivity contribution in [3.63, 3.8) is 0 Å². The van der Waals surface area contributed by atoms with Crippen LogP contribution in [0.3, 0.4) is 0 Å². The topological polar surface area (TPSA) is 40.5 Å². The normalized spacial score (nSPS) is 25.3. The molecular formula is C34H60Al4O2S2. The minimum atomic E-state index is -0.585. The summed E-state index contributed by atoms with van der Waals surface area (Å²) in [5, 5.41) is 23.8. The van der Waals surface area contributed by atoms with E-state index in [-0.39, 0.29) is 0 Å². The highest BCUT2D eigenvalue weighted by Crippen LogP contribution is 2.53. The van der Waals surface area contributed by atoms with E-state index in [1.807, 2.05) is 22.7 Å². The van der Waals surface area contributed by atoms with Gasteiger partial charge in [-0.1, -0.05) is 110 Å². The minimum Gasteiger partial charge on any atom is -0.416 e. The molecule has 2 fully saturated rings. The molecule has 2 heterocycles. The van der Waals surface area contributed by atoms with Gasteiger partial charge in [-0.2, -0.15) is 0 Å². The van der Waals surface area contributed by atoms with E-state index in [0.29, 0.717) is 11.8 Å². The first-order valence-corrected chi connectivity index (χ1v) is 23.7. The van der Waals surface area contributed by atoms with E-state index >= 15 is 0 Å². The first kappa shape index (κ1) is 36.5. The van der Waals surface area contributed by atoms with E-state index in [9.17, 15) is 10.2 Å². The van der Waals surface area contributed by atoms with Crippen LogP contribution in [0, 0.1) is 11.8 Å². The van der Waals surface area contributed by atoms with Gasteiger partial charge < -0.3 is 10.2 Å². The number of hydrogen-bond acceptors (Lipinski definition) is 4. The van der Waals surface area contributed by atoms with Gasteiger partial charge in [0.2, 0.25) is 65.2 Å². The fourth-order valence-corrected chi connectivity index (χ4v) is 15.7. The third-order valence-corrected chi connectivity index (χ3v) is 15.3. The predicted molar refractivity (Wildman–Crippen MR) is 198 cm³/mol. The number of rotatable bonds is 7. The van der Waals surface area contributed by atoms with Crippen LogP contribution in [0.5, 0.6) is 0 Å². The molecule has 2 aromatic heterocycles. The monoisotopic (exact) mass is 672 g/mol. The third-order valence-electron chi connectivity index (χ3n) is 10.5. The summed E-state index contributed by atoms with van der Waals surface area (Å²) in [6.07, 6.45) is 27.2. The van der Waals surface area contributed by atoms with Crippen LogP contribution in [0.4, 0.5) is 0 Å². The van der Waals surface area contributed by atoms with E-state index in [0.717, 1.165) is 77.0 Å². The summed E-state index contributed by atoms with van der Waals surface area (Å²) in [4.78, 5) is 3.06. The highest BCUT2D eigenvalue weighted by atomic mass is 32.1. The molecule has 2 saturated carbocycles. The Bertz CT molecular complexity index is 1090. The van der Waals surface area contributed by atoms with E-state index in [2.05, 4.69) is 13.8 Å². The molecule has 0 spiro atoms. The second-order valence-corrected chi connectivity index (χ2v) is 29.4. The fraction of sp³-hybridized carbons (Fsp3) is 0.824. The third kappa shape index (κ3) is 10.1. The van der Waals surface area contributed by atoms with Crippen LogP contribution in [-0.4, -0.2) is 75.4 Å². The molecule has 2 N–H and O–H groups in total. The van der Waals surface area contributed by atoms with Gasteiger partial charge in [0.05, 0.1) is 0 Å². The summed E-state index contributed by atoms with van der Waals surface area (Å²) in [6.45, 7) is 4.86. The first-order valence-electron chi connectivity index (χ1n) is 18.0. The van der Waals surface area contributed by atoms with Gasteiger partial charge in [0.25, 0.3) is 0 Å². The second-order valence-electron chi connectivity index (χ2n) is 15.5.